The van der Waals surface area contributed by atoms with Crippen LogP contribution in [-0.2, 0) is 9.59 Å². The number of carbonyl (C=O) groups is 2. The van der Waals surface area contributed by atoms with Gasteiger partial charge in [0.05, 0.1) is 41.1 Å². The van der Waals surface area contributed by atoms with Crippen LogP contribution >= 0.6 is 0 Å². The van der Waals surface area contributed by atoms with Crippen molar-refractivity contribution >= 4 is 29.0 Å². The Hall–Kier alpha value is -7.36. The van der Waals surface area contributed by atoms with E-state index in [-0.39, 0.29) is 54.6 Å². The summed E-state index contributed by atoms with van der Waals surface area (Å²) in [6, 6.07) is 21.9. The Morgan fingerprint density at radius 3 is 2.24 bits per heavy atom. The number of para-hydroxylation sites is 1. The first kappa shape index (κ1) is 50.2. The molecule has 2 amide bonds. The van der Waals surface area contributed by atoms with E-state index in [0.717, 1.165) is 87.0 Å². The molecule has 0 saturated carbocycles. The number of nitrogens with one attached hydrogen (secondary N) is 1. The molecule has 6 aromatic rings. The lowest BCUT2D eigenvalue weighted by molar-refractivity contribution is -0.141. The number of amides is 2. The number of nitrogens with zero attached hydrogens (tertiary/aromatic N) is 12. The highest BCUT2D eigenvalue weighted by atomic mass is 16.5. The van der Waals surface area contributed by atoms with Crippen molar-refractivity contribution in [2.75, 3.05) is 87.7 Å². The number of nitrogens with two attached hydrogens (primary N) is 1. The minimum absolute atomic E-state index is 0.0410. The van der Waals surface area contributed by atoms with Gasteiger partial charge in [0.15, 0.2) is 11.6 Å². The summed E-state index contributed by atoms with van der Waals surface area (Å²) < 4.78 is 19.7. The summed E-state index contributed by atoms with van der Waals surface area (Å²) in [5, 5.41) is 45.0. The van der Waals surface area contributed by atoms with Gasteiger partial charge >= 0.3 is 0 Å². The van der Waals surface area contributed by atoms with Crippen molar-refractivity contribution < 1.29 is 33.8 Å². The van der Waals surface area contributed by atoms with Crippen LogP contribution in [0.5, 0.6) is 17.5 Å². The number of hydrogen-bond donors (Lipinski definition) is 4. The third-order valence-corrected chi connectivity index (χ3v) is 14.9. The zero-order chi connectivity index (χ0) is 51.5. The van der Waals surface area contributed by atoms with Crippen LogP contribution in [0.15, 0.2) is 89.7 Å². The lowest BCUT2D eigenvalue weighted by Crippen LogP contribution is -2.54. The molecule has 4 aromatic heterocycles. The van der Waals surface area contributed by atoms with E-state index in [1.165, 1.54) is 4.90 Å². The Morgan fingerprint density at radius 2 is 1.57 bits per heavy atom. The number of aromatic nitrogens is 7. The number of aromatic hydroxyl groups is 1. The number of pyridine rings is 1. The van der Waals surface area contributed by atoms with Gasteiger partial charge < -0.3 is 50.0 Å². The molecule has 5 N–H and O–H groups in total. The molecule has 0 aliphatic carbocycles. The van der Waals surface area contributed by atoms with E-state index in [0.29, 0.717) is 54.4 Å². The molecule has 10 rings (SSSR count). The maximum atomic E-state index is 14.2. The second-order valence-electron chi connectivity index (χ2n) is 20.2. The summed E-state index contributed by atoms with van der Waals surface area (Å²) in [6.45, 7) is 15.2. The Morgan fingerprint density at radius 1 is 0.865 bits per heavy atom. The van der Waals surface area contributed by atoms with Crippen molar-refractivity contribution in [3.05, 3.63) is 102 Å². The number of likely N-dealkylation sites (tertiary alicyclic amines) is 1. The predicted molar refractivity (Wildman–Crippen MR) is 276 cm³/mol. The number of phenolic OH excluding ortho intramolecular Hbond substituents is 1. The SMILES string of the molecule is Cc1cnnn1-c1ccc([C@H](C)NC(=O)[C@@H]2C[C@@H](O)CN2C(=O)[C@H](c2cc(OCCN3CCN(CCOc4cc(N5C6CCC5CN(c5cc(-c7ccccc7O)nnc5N)C6)ccn4)CC3)no2)C(C)C)cc1. The van der Waals surface area contributed by atoms with Gasteiger partial charge in [-0.15, -0.1) is 15.3 Å². The molecule has 390 valence electrons. The van der Waals surface area contributed by atoms with Crippen molar-refractivity contribution in [2.45, 2.75) is 83.1 Å². The van der Waals surface area contributed by atoms with Crippen molar-refractivity contribution in [2.24, 2.45) is 5.92 Å². The van der Waals surface area contributed by atoms with Gasteiger partial charge in [0.1, 0.15) is 30.9 Å². The van der Waals surface area contributed by atoms with Gasteiger partial charge in [-0.25, -0.2) is 9.67 Å². The maximum absolute atomic E-state index is 14.2. The molecule has 2 aromatic carbocycles. The summed E-state index contributed by atoms with van der Waals surface area (Å²) in [4.78, 5) is 43.5. The number of nitrogen functional groups attached to an aromatic ring is 1. The maximum Gasteiger partial charge on any atom is 0.254 e. The van der Waals surface area contributed by atoms with E-state index in [1.807, 2.05) is 76.4 Å². The summed E-state index contributed by atoms with van der Waals surface area (Å²) >= 11 is 0. The van der Waals surface area contributed by atoms with Crippen molar-refractivity contribution in [3.63, 3.8) is 0 Å². The van der Waals surface area contributed by atoms with Crippen molar-refractivity contribution in [1.82, 2.24) is 55.3 Å². The number of aryl methyl sites for hydroxylation is 1. The van der Waals surface area contributed by atoms with E-state index in [4.69, 9.17) is 19.7 Å². The molecule has 4 saturated heterocycles. The fraction of sp³-hybridized carbons (Fsp3) is 0.472. The first-order chi connectivity index (χ1) is 35.9. The van der Waals surface area contributed by atoms with Crippen LogP contribution in [0.4, 0.5) is 17.2 Å². The lowest BCUT2D eigenvalue weighted by atomic mass is 9.91. The highest BCUT2D eigenvalue weighted by molar-refractivity contribution is 5.91. The molecule has 4 fully saturated rings. The number of anilines is 3. The van der Waals surface area contributed by atoms with Crippen LogP contribution in [-0.4, -0.2) is 168 Å². The monoisotopic (exact) mass is 1010 g/mol. The zero-order valence-corrected chi connectivity index (χ0v) is 42.4. The van der Waals surface area contributed by atoms with E-state index >= 15 is 0 Å². The van der Waals surface area contributed by atoms with Gasteiger partial charge in [-0.05, 0) is 79.7 Å². The number of rotatable bonds is 18. The zero-order valence-electron chi connectivity index (χ0n) is 42.4. The largest absolute Gasteiger partial charge is 0.507 e. The second-order valence-corrected chi connectivity index (χ2v) is 20.2. The van der Waals surface area contributed by atoms with Gasteiger partial charge in [-0.2, -0.15) is 0 Å². The minimum atomic E-state index is -0.846. The number of hydrogen-bond acceptors (Lipinski definition) is 18. The van der Waals surface area contributed by atoms with Gasteiger partial charge in [-0.3, -0.25) is 19.4 Å². The fourth-order valence-corrected chi connectivity index (χ4v) is 11.0. The Bertz CT molecular complexity index is 2870. The molecule has 0 radical (unpaired) electrons. The number of fused-ring (bicyclic) bond motifs is 2. The number of ether oxygens (including phenoxy) is 2. The van der Waals surface area contributed by atoms with Crippen LogP contribution < -0.4 is 30.3 Å². The summed E-state index contributed by atoms with van der Waals surface area (Å²) in [5.74, 6) is 0.234. The Labute approximate surface area is 430 Å². The first-order valence-corrected chi connectivity index (χ1v) is 25.7. The average Bonchev–Trinajstić information content (AvgIpc) is 4.20. The van der Waals surface area contributed by atoms with E-state index in [2.05, 4.69) is 67.7 Å². The highest BCUT2D eigenvalue weighted by Crippen LogP contribution is 2.40. The topological polar surface area (TPSA) is 243 Å². The molecule has 74 heavy (non-hydrogen) atoms. The number of benzene rings is 2. The quantitative estimate of drug-likeness (QED) is 0.0942. The summed E-state index contributed by atoms with van der Waals surface area (Å²) in [5.41, 5.74) is 12.2. The molecule has 2 bridgehead atoms. The molecule has 8 heterocycles. The van der Waals surface area contributed by atoms with Crippen LogP contribution in [0.2, 0.25) is 0 Å². The summed E-state index contributed by atoms with van der Waals surface area (Å²) in [6.07, 6.45) is 4.94. The third kappa shape index (κ3) is 10.9. The molecule has 2 unspecified atom stereocenters. The van der Waals surface area contributed by atoms with Crippen LogP contribution in [0.3, 0.4) is 0 Å². The standard InChI is InChI=1S/C53H66N14O7/c1-33(2)50(53(71)65-32-41(68)26-45(65)52(70)57-35(4)36-9-11-37(12-10-36)67-34(3)29-56-61-67)47-28-49(60-74-47)73-24-22-63-19-17-62(18-20-63)21-23-72-48-25-38(15-16-55-48)66-39-13-14-40(66)31-64(30-39)44-27-43(58-59-51(44)54)42-7-5-6-8-46(42)69/h5-12,15-16,25,27-29,33,35,39-41,45,50,68-69H,13-14,17-24,26,30-32H2,1-4H3,(H2,54,59)(H,57,70)/t35-,39?,40?,41+,45-,50-/m0/s1. The fourth-order valence-electron chi connectivity index (χ4n) is 11.0. The molecule has 0 spiro atoms. The van der Waals surface area contributed by atoms with Crippen LogP contribution in [0.25, 0.3) is 16.9 Å². The van der Waals surface area contributed by atoms with E-state index in [9.17, 15) is 19.8 Å². The summed E-state index contributed by atoms with van der Waals surface area (Å²) in [7, 11) is 0. The number of carbonyl (C=O) groups excluding carboxylic acids is 2. The molecule has 21 nitrogen and oxygen atoms in total. The van der Waals surface area contributed by atoms with Crippen LogP contribution in [0, 0.1) is 12.8 Å². The predicted octanol–water partition coefficient (Wildman–Crippen LogP) is 4.22. The molecular formula is C53H66N14O7. The first-order valence-electron chi connectivity index (χ1n) is 25.7. The Kier molecular flexibility index (Phi) is 14.9. The van der Waals surface area contributed by atoms with Gasteiger partial charge in [0.25, 0.3) is 5.88 Å². The number of phenols is 1. The Balaban J connectivity index is 0.655. The molecule has 21 heteroatoms. The molecule has 4 aliphatic heterocycles. The average molecular weight is 1010 g/mol. The van der Waals surface area contributed by atoms with Crippen molar-refractivity contribution in [3.8, 4) is 34.5 Å². The van der Waals surface area contributed by atoms with E-state index in [1.54, 1.807) is 29.1 Å². The van der Waals surface area contributed by atoms with E-state index < -0.39 is 18.1 Å². The minimum Gasteiger partial charge on any atom is -0.507 e. The normalized spacial score (nSPS) is 21.0. The number of piperazine rings is 2. The van der Waals surface area contributed by atoms with Gasteiger partial charge in [0, 0.05) is 107 Å². The third-order valence-electron chi connectivity index (χ3n) is 14.9. The molecule has 6 atom stereocenters. The van der Waals surface area contributed by atoms with Crippen molar-refractivity contribution in [1.29, 1.82) is 0 Å². The highest BCUT2D eigenvalue weighted by Gasteiger charge is 2.44. The van der Waals surface area contributed by atoms with Gasteiger partial charge in [-0.1, -0.05) is 43.3 Å². The number of β-amino-alcohol motifs (C(OH)–C–C–N with tert-alkyl or cyclic N) is 1. The second kappa shape index (κ2) is 22.0. The molecule has 4 aliphatic rings. The van der Waals surface area contributed by atoms with Crippen LogP contribution in [0.1, 0.15) is 69.0 Å². The van der Waals surface area contributed by atoms with Gasteiger partial charge in [0.2, 0.25) is 17.7 Å². The number of aliphatic hydroxyl groups is 1. The lowest BCUT2D eigenvalue weighted by Gasteiger charge is -2.43. The number of aliphatic hydroxyl groups excluding tert-OH is 1. The smallest absolute Gasteiger partial charge is 0.254 e. The molecular weight excluding hydrogens is 945 g/mol.